The molecule has 2 N–H and O–H groups in total. The first-order valence-electron chi connectivity index (χ1n) is 12.0. The van der Waals surface area contributed by atoms with Gasteiger partial charge < -0.3 is 5.32 Å². The molecule has 2 amide bonds. The van der Waals surface area contributed by atoms with Gasteiger partial charge in [-0.1, -0.05) is 74.5 Å². The van der Waals surface area contributed by atoms with Crippen LogP contribution in [0.4, 0.5) is 0 Å². The maximum Gasteiger partial charge on any atom is 0.287 e. The van der Waals surface area contributed by atoms with Crippen LogP contribution in [0.2, 0.25) is 0 Å². The smallest absolute Gasteiger partial charge is 0.287 e. The zero-order valence-corrected chi connectivity index (χ0v) is 19.6. The Balaban J connectivity index is 1.50. The maximum absolute atomic E-state index is 13.5. The summed E-state index contributed by atoms with van der Waals surface area (Å²) >= 11 is 0. The van der Waals surface area contributed by atoms with Crippen molar-refractivity contribution >= 4 is 22.6 Å². The molecule has 5 heteroatoms. The number of likely N-dealkylation sites (tertiary alicyclic amines) is 1. The summed E-state index contributed by atoms with van der Waals surface area (Å²) in [6.45, 7) is 6.74. The molecule has 0 aliphatic carbocycles. The van der Waals surface area contributed by atoms with Crippen LogP contribution in [0.5, 0.6) is 0 Å². The predicted molar refractivity (Wildman–Crippen MR) is 132 cm³/mol. The number of hydrogen-bond donors (Lipinski definition) is 2. The molecule has 3 aromatic rings. The summed E-state index contributed by atoms with van der Waals surface area (Å²) in [5, 5.41) is 5.13. The molecule has 1 aliphatic heterocycles. The fourth-order valence-corrected chi connectivity index (χ4v) is 4.77. The highest BCUT2D eigenvalue weighted by molar-refractivity contribution is 6.00. The molecule has 1 atom stereocenters. The Hall–Kier alpha value is -3.18. The first-order chi connectivity index (χ1) is 15.9. The van der Waals surface area contributed by atoms with Gasteiger partial charge in [-0.15, -0.1) is 0 Å². The number of amides is 2. The Morgan fingerprint density at radius 2 is 1.55 bits per heavy atom. The van der Waals surface area contributed by atoms with E-state index in [4.69, 9.17) is 0 Å². The summed E-state index contributed by atoms with van der Waals surface area (Å²) in [6, 6.07) is 23.4. The number of fused-ring (bicyclic) bond motifs is 1. The highest BCUT2D eigenvalue weighted by Gasteiger charge is 2.37. The van der Waals surface area contributed by atoms with Crippen molar-refractivity contribution in [2.45, 2.75) is 45.7 Å². The molecular weight excluding hydrogens is 410 g/mol. The lowest BCUT2D eigenvalue weighted by Gasteiger charge is -2.35. The molecule has 3 aromatic carbocycles. The van der Waals surface area contributed by atoms with E-state index in [0.717, 1.165) is 43.2 Å². The summed E-state index contributed by atoms with van der Waals surface area (Å²) in [5.74, 6) is -0.0351. The molecule has 1 aliphatic rings. The third-order valence-electron chi connectivity index (χ3n) is 6.44. The van der Waals surface area contributed by atoms with Gasteiger partial charge in [0, 0.05) is 24.0 Å². The highest BCUT2D eigenvalue weighted by Crippen LogP contribution is 2.22. The molecule has 0 spiro atoms. The van der Waals surface area contributed by atoms with Crippen molar-refractivity contribution in [1.82, 2.24) is 10.7 Å². The van der Waals surface area contributed by atoms with Gasteiger partial charge in [-0.25, -0.2) is 4.59 Å². The number of nitrogens with one attached hydrogen (secondary N) is 2. The molecule has 0 saturated carbocycles. The van der Waals surface area contributed by atoms with E-state index in [2.05, 4.69) is 36.7 Å². The zero-order valence-electron chi connectivity index (χ0n) is 19.6. The van der Waals surface area contributed by atoms with Gasteiger partial charge in [0.2, 0.25) is 0 Å². The molecule has 0 aromatic heterocycles. The van der Waals surface area contributed by atoms with Gasteiger partial charge in [0.25, 0.3) is 11.8 Å². The van der Waals surface area contributed by atoms with Crippen molar-refractivity contribution in [3.05, 3.63) is 83.9 Å². The quantitative estimate of drug-likeness (QED) is 0.489. The predicted octanol–water partition coefficient (Wildman–Crippen LogP) is 4.83. The molecule has 172 valence electrons. The number of rotatable bonds is 8. The Bertz CT molecular complexity index is 1100. The van der Waals surface area contributed by atoms with Crippen molar-refractivity contribution in [2.24, 2.45) is 5.92 Å². The summed E-state index contributed by atoms with van der Waals surface area (Å²) in [4.78, 5) is 26.6. The van der Waals surface area contributed by atoms with E-state index >= 15 is 0 Å². The van der Waals surface area contributed by atoms with E-state index < -0.39 is 6.04 Å². The van der Waals surface area contributed by atoms with Crippen LogP contribution < -0.4 is 10.7 Å². The number of nitrogens with zero attached hydrogens (tertiary/aromatic N) is 1. The minimum atomic E-state index is -0.574. The van der Waals surface area contributed by atoms with E-state index in [1.807, 2.05) is 60.7 Å². The standard InChI is InChI=1S/C28H33N3O2/c1-21(2)18-26(29-27(32)25-15-14-23-12-6-7-13-24(23)19-25)28(33)30-31(16-8-9-17-31)20-22-10-4-3-5-11-22/h3-7,10-15,19,21,26H,8-9,16-18,20H2,1-2H3,(H-,29,30,32,33)/p+1/t26-/m0/s1. The Labute approximate surface area is 196 Å². The van der Waals surface area contributed by atoms with Gasteiger partial charge >= 0.3 is 0 Å². The second-order valence-corrected chi connectivity index (χ2v) is 9.64. The fraction of sp³-hybridized carbons (Fsp3) is 0.357. The van der Waals surface area contributed by atoms with E-state index in [-0.39, 0.29) is 17.7 Å². The van der Waals surface area contributed by atoms with Crippen molar-refractivity contribution in [3.63, 3.8) is 0 Å². The molecule has 5 nitrogen and oxygen atoms in total. The molecule has 1 heterocycles. The number of carbonyl (C=O) groups excluding carboxylic acids is 2. The third kappa shape index (κ3) is 5.79. The average Bonchev–Trinajstić information content (AvgIpc) is 3.26. The zero-order chi connectivity index (χ0) is 23.3. The Morgan fingerprint density at radius 1 is 0.879 bits per heavy atom. The van der Waals surface area contributed by atoms with E-state index in [0.29, 0.717) is 16.6 Å². The number of benzene rings is 3. The van der Waals surface area contributed by atoms with Crippen LogP contribution in [0.15, 0.2) is 72.8 Å². The molecule has 0 bridgehead atoms. The summed E-state index contributed by atoms with van der Waals surface area (Å²) in [6.07, 6.45) is 2.77. The van der Waals surface area contributed by atoms with Gasteiger partial charge in [-0.3, -0.25) is 9.59 Å². The lowest BCUT2D eigenvalue weighted by atomic mass is 10.0. The van der Waals surface area contributed by atoms with Crippen LogP contribution in [-0.4, -0.2) is 35.5 Å². The van der Waals surface area contributed by atoms with Crippen LogP contribution in [0, 0.1) is 5.92 Å². The largest absolute Gasteiger partial charge is 0.340 e. The van der Waals surface area contributed by atoms with Gasteiger partial charge in [0.1, 0.15) is 25.7 Å². The van der Waals surface area contributed by atoms with Gasteiger partial charge in [-0.2, -0.15) is 5.43 Å². The second-order valence-electron chi connectivity index (χ2n) is 9.64. The van der Waals surface area contributed by atoms with Crippen LogP contribution in [-0.2, 0) is 11.3 Å². The highest BCUT2D eigenvalue weighted by atomic mass is 16.2. The van der Waals surface area contributed by atoms with Crippen molar-refractivity contribution in [2.75, 3.05) is 13.1 Å². The van der Waals surface area contributed by atoms with Crippen molar-refractivity contribution in [3.8, 4) is 0 Å². The van der Waals surface area contributed by atoms with E-state index in [1.165, 1.54) is 5.56 Å². The molecule has 33 heavy (non-hydrogen) atoms. The van der Waals surface area contributed by atoms with Crippen LogP contribution in [0.3, 0.4) is 0 Å². The normalized spacial score (nSPS) is 16.0. The van der Waals surface area contributed by atoms with Gasteiger partial charge in [0.15, 0.2) is 0 Å². The average molecular weight is 445 g/mol. The van der Waals surface area contributed by atoms with Gasteiger partial charge in [0.05, 0.1) is 0 Å². The fourth-order valence-electron chi connectivity index (χ4n) is 4.77. The summed E-state index contributed by atoms with van der Waals surface area (Å²) < 4.78 is 0.545. The second kappa shape index (κ2) is 10.2. The number of quaternary nitrogens is 1. The molecule has 0 unspecified atom stereocenters. The SMILES string of the molecule is CC(C)C[C@H](NC(=O)c1ccc2ccccc2c1)C(=O)N[N+]1(Cc2ccccc2)CCCC1. The monoisotopic (exact) mass is 444 g/mol. The maximum atomic E-state index is 13.5. The summed E-state index contributed by atoms with van der Waals surface area (Å²) in [7, 11) is 0. The lowest BCUT2D eigenvalue weighted by molar-refractivity contribution is -0.963. The molecule has 4 rings (SSSR count). The minimum absolute atomic E-state index is 0.101. The van der Waals surface area contributed by atoms with Crippen molar-refractivity contribution in [1.29, 1.82) is 0 Å². The lowest BCUT2D eigenvalue weighted by Crippen LogP contribution is -2.62. The van der Waals surface area contributed by atoms with E-state index in [1.54, 1.807) is 0 Å². The molecule has 1 saturated heterocycles. The van der Waals surface area contributed by atoms with Crippen LogP contribution in [0.25, 0.3) is 10.8 Å². The molecule has 0 radical (unpaired) electrons. The van der Waals surface area contributed by atoms with Crippen LogP contribution in [0.1, 0.15) is 49.0 Å². The molecular formula is C28H34N3O2+. The summed E-state index contributed by atoms with van der Waals surface area (Å²) in [5.41, 5.74) is 5.10. The minimum Gasteiger partial charge on any atom is -0.340 e. The van der Waals surface area contributed by atoms with Crippen molar-refractivity contribution < 1.29 is 14.2 Å². The first kappa shape index (κ1) is 23.0. The van der Waals surface area contributed by atoms with Crippen LogP contribution >= 0.6 is 0 Å². The number of hydrogen-bond acceptors (Lipinski definition) is 2. The Kier molecular flexibility index (Phi) is 7.09. The molecule has 1 fully saturated rings. The topological polar surface area (TPSA) is 58.2 Å². The number of carbonyl (C=O) groups is 2. The first-order valence-corrected chi connectivity index (χ1v) is 12.0. The third-order valence-corrected chi connectivity index (χ3v) is 6.44. The van der Waals surface area contributed by atoms with Gasteiger partial charge in [-0.05, 0) is 35.2 Å². The Morgan fingerprint density at radius 3 is 2.24 bits per heavy atom. The van der Waals surface area contributed by atoms with E-state index in [9.17, 15) is 9.59 Å².